The Morgan fingerprint density at radius 1 is 0.974 bits per heavy atom. The minimum atomic E-state index is -0.532. The summed E-state index contributed by atoms with van der Waals surface area (Å²) in [6.07, 6.45) is 15.8. The highest BCUT2D eigenvalue weighted by atomic mass is 16.6. The zero-order valence-corrected chi connectivity index (χ0v) is 23.6. The number of nitrogens with one attached hydrogen (secondary N) is 1. The number of ether oxygens (including phenoxy) is 2. The third-order valence-electron chi connectivity index (χ3n) is 6.22. The molecule has 0 fully saturated rings. The molecule has 0 radical (unpaired) electrons. The van der Waals surface area contributed by atoms with Gasteiger partial charge in [-0.25, -0.2) is 9.78 Å². The van der Waals surface area contributed by atoms with Gasteiger partial charge in [-0.3, -0.25) is 5.32 Å². The Morgan fingerprint density at radius 3 is 2.44 bits per heavy atom. The van der Waals surface area contributed by atoms with Gasteiger partial charge in [-0.2, -0.15) is 0 Å². The summed E-state index contributed by atoms with van der Waals surface area (Å²) < 4.78 is 13.7. The molecule has 0 saturated heterocycles. The minimum Gasteiger partial charge on any atom is -0.492 e. The van der Waals surface area contributed by atoms with Crippen LogP contribution in [0.5, 0.6) is 11.5 Å². The number of rotatable bonds is 12. The third-order valence-corrected chi connectivity index (χ3v) is 6.22. The molecule has 6 heteroatoms. The molecule has 2 aromatic carbocycles. The molecule has 0 saturated carbocycles. The van der Waals surface area contributed by atoms with Crippen molar-refractivity contribution < 1.29 is 14.3 Å². The minimum absolute atomic E-state index is 0.490. The van der Waals surface area contributed by atoms with Crippen molar-refractivity contribution in [3.63, 3.8) is 0 Å². The van der Waals surface area contributed by atoms with Crippen LogP contribution < -0.4 is 14.8 Å². The Morgan fingerprint density at radius 2 is 1.74 bits per heavy atom. The molecular formula is C33H39N3O3. The van der Waals surface area contributed by atoms with E-state index in [0.29, 0.717) is 24.6 Å². The van der Waals surface area contributed by atoms with Crippen LogP contribution in [0.2, 0.25) is 0 Å². The smallest absolute Gasteiger partial charge is 0.417 e. The Kier molecular flexibility index (Phi) is 11.4. The second-order valence-corrected chi connectivity index (χ2v) is 9.00. The van der Waals surface area contributed by atoms with Crippen LogP contribution in [-0.4, -0.2) is 22.3 Å². The number of aromatic nitrogens is 2. The van der Waals surface area contributed by atoms with Gasteiger partial charge in [0.1, 0.15) is 23.9 Å². The number of allylic oxidation sites excluding steroid dienone is 8. The molecule has 39 heavy (non-hydrogen) atoms. The van der Waals surface area contributed by atoms with Crippen LogP contribution in [-0.2, 0) is 13.0 Å². The molecule has 1 N–H and O–H groups in total. The number of hydrogen-bond acceptors (Lipinski definition) is 4. The summed E-state index contributed by atoms with van der Waals surface area (Å²) in [5, 5.41) is 2.75. The number of para-hydroxylation sites is 1. The second-order valence-electron chi connectivity index (χ2n) is 9.00. The number of carbonyl (C=O) groups excluding carboxylic acids is 1. The fourth-order valence-corrected chi connectivity index (χ4v) is 4.14. The summed E-state index contributed by atoms with van der Waals surface area (Å²) >= 11 is 0. The van der Waals surface area contributed by atoms with Crippen LogP contribution in [0.25, 0.3) is 5.57 Å². The Balaban J connectivity index is 1.64. The standard InChI is InChI=1S/C33H39N3O3/c1-6-9-11-12-17-30-32(27(8-3)16-10-7-2)34-26(5)36(30)23-24-38-29-21-19-28(20-22-29)35-33(37)39-31-18-14-13-15-25(31)4/h6-15,18-22H,16-17,23-24H2,1-5H3,(H,35,37)/b9-6-,10-7-,12-11-,27-8+. The quantitative estimate of drug-likeness (QED) is 0.191. The van der Waals surface area contributed by atoms with Gasteiger partial charge in [0.2, 0.25) is 0 Å². The van der Waals surface area contributed by atoms with Gasteiger partial charge >= 0.3 is 6.09 Å². The monoisotopic (exact) mass is 525 g/mol. The first-order valence-corrected chi connectivity index (χ1v) is 13.3. The summed E-state index contributed by atoms with van der Waals surface area (Å²) in [5.41, 5.74) is 4.97. The SMILES string of the molecule is C/C=C\C=C/Cc1c(/C(=C/C)C/C=C\C)nc(C)n1CCOc1ccc(NC(=O)Oc2ccccc2C)cc1. The molecule has 204 valence electrons. The Labute approximate surface area is 232 Å². The molecular weight excluding hydrogens is 486 g/mol. The van der Waals surface area contributed by atoms with Crippen LogP contribution in [0.3, 0.4) is 0 Å². The molecule has 6 nitrogen and oxygen atoms in total. The number of benzene rings is 2. The zero-order chi connectivity index (χ0) is 28.0. The van der Waals surface area contributed by atoms with Crippen molar-refractivity contribution in [2.45, 2.75) is 54.0 Å². The van der Waals surface area contributed by atoms with Crippen molar-refractivity contribution in [1.29, 1.82) is 0 Å². The Hall–Kier alpha value is -4.32. The highest BCUT2D eigenvalue weighted by Gasteiger charge is 2.16. The summed E-state index contributed by atoms with van der Waals surface area (Å²) in [6.45, 7) is 11.2. The fourth-order valence-electron chi connectivity index (χ4n) is 4.14. The lowest BCUT2D eigenvalue weighted by molar-refractivity contribution is 0.215. The van der Waals surface area contributed by atoms with Gasteiger partial charge in [-0.15, -0.1) is 0 Å². The maximum atomic E-state index is 12.3. The van der Waals surface area contributed by atoms with Crippen molar-refractivity contribution in [2.75, 3.05) is 11.9 Å². The van der Waals surface area contributed by atoms with Crippen LogP contribution in [0.1, 0.15) is 50.0 Å². The summed E-state index contributed by atoms with van der Waals surface area (Å²) in [7, 11) is 0. The van der Waals surface area contributed by atoms with E-state index in [1.165, 1.54) is 11.3 Å². The number of amides is 1. The van der Waals surface area contributed by atoms with Crippen LogP contribution >= 0.6 is 0 Å². The lowest BCUT2D eigenvalue weighted by Crippen LogP contribution is -2.17. The number of anilines is 1. The topological polar surface area (TPSA) is 65.4 Å². The summed E-state index contributed by atoms with van der Waals surface area (Å²) in [5.74, 6) is 2.23. The van der Waals surface area contributed by atoms with Crippen molar-refractivity contribution in [1.82, 2.24) is 9.55 Å². The number of imidazole rings is 1. The highest BCUT2D eigenvalue weighted by molar-refractivity contribution is 5.86. The predicted octanol–water partition coefficient (Wildman–Crippen LogP) is 8.23. The van der Waals surface area contributed by atoms with E-state index in [9.17, 15) is 4.79 Å². The van der Waals surface area contributed by atoms with Crippen LogP contribution in [0.4, 0.5) is 10.5 Å². The maximum absolute atomic E-state index is 12.3. The average molecular weight is 526 g/mol. The summed E-state index contributed by atoms with van der Waals surface area (Å²) in [4.78, 5) is 17.2. The molecule has 1 aromatic heterocycles. The van der Waals surface area contributed by atoms with Crippen molar-refractivity contribution >= 4 is 17.4 Å². The molecule has 0 aliphatic carbocycles. The van der Waals surface area contributed by atoms with Crippen molar-refractivity contribution in [3.8, 4) is 11.5 Å². The van der Waals surface area contributed by atoms with E-state index in [-0.39, 0.29) is 0 Å². The second kappa shape index (κ2) is 15.2. The fraction of sp³-hybridized carbons (Fsp3) is 0.273. The van der Waals surface area contributed by atoms with Crippen molar-refractivity contribution in [3.05, 3.63) is 114 Å². The van der Waals surface area contributed by atoms with Crippen molar-refractivity contribution in [2.24, 2.45) is 0 Å². The first-order valence-electron chi connectivity index (χ1n) is 13.3. The number of carbonyl (C=O) groups is 1. The molecule has 0 bridgehead atoms. The first kappa shape index (κ1) is 29.2. The average Bonchev–Trinajstić information content (AvgIpc) is 3.24. The molecule has 3 rings (SSSR count). The van der Waals surface area contributed by atoms with Gasteiger partial charge in [-0.1, -0.05) is 60.7 Å². The van der Waals surface area contributed by atoms with E-state index in [4.69, 9.17) is 14.5 Å². The molecule has 0 spiro atoms. The normalized spacial score (nSPS) is 12.1. The van der Waals surface area contributed by atoms with E-state index in [0.717, 1.165) is 35.7 Å². The molecule has 0 aliphatic heterocycles. The number of nitrogens with zero attached hydrogens (tertiary/aromatic N) is 2. The first-order chi connectivity index (χ1) is 19.0. The molecule has 3 aromatic rings. The predicted molar refractivity (Wildman–Crippen MR) is 160 cm³/mol. The van der Waals surface area contributed by atoms with Gasteiger partial charge in [0, 0.05) is 17.8 Å². The van der Waals surface area contributed by atoms with Gasteiger partial charge in [-0.05, 0) is 82.5 Å². The van der Waals surface area contributed by atoms with Gasteiger partial charge in [0.05, 0.1) is 12.2 Å². The summed E-state index contributed by atoms with van der Waals surface area (Å²) in [6, 6.07) is 14.7. The highest BCUT2D eigenvalue weighted by Crippen LogP contribution is 2.25. The lowest BCUT2D eigenvalue weighted by atomic mass is 10.0. The van der Waals surface area contributed by atoms with E-state index >= 15 is 0 Å². The Bertz CT molecular complexity index is 1350. The van der Waals surface area contributed by atoms with E-state index < -0.39 is 6.09 Å². The molecule has 1 heterocycles. The van der Waals surface area contributed by atoms with Gasteiger partial charge < -0.3 is 14.0 Å². The molecule has 0 atom stereocenters. The third kappa shape index (κ3) is 8.60. The van der Waals surface area contributed by atoms with E-state index in [1.54, 1.807) is 18.2 Å². The molecule has 1 amide bonds. The zero-order valence-electron chi connectivity index (χ0n) is 23.6. The van der Waals surface area contributed by atoms with Gasteiger partial charge in [0.15, 0.2) is 0 Å². The van der Waals surface area contributed by atoms with Gasteiger partial charge in [0.25, 0.3) is 0 Å². The maximum Gasteiger partial charge on any atom is 0.417 e. The lowest BCUT2D eigenvalue weighted by Gasteiger charge is -2.13. The van der Waals surface area contributed by atoms with Crippen LogP contribution in [0, 0.1) is 13.8 Å². The number of aryl methyl sites for hydroxylation is 2. The largest absolute Gasteiger partial charge is 0.492 e. The number of hydrogen-bond donors (Lipinski definition) is 1. The van der Waals surface area contributed by atoms with E-state index in [1.807, 2.05) is 70.2 Å². The van der Waals surface area contributed by atoms with E-state index in [2.05, 4.69) is 47.2 Å². The van der Waals surface area contributed by atoms with Crippen LogP contribution in [0.15, 0.2) is 91.1 Å². The molecule has 0 aliphatic rings. The molecule has 0 unspecified atom stereocenters.